The van der Waals surface area contributed by atoms with Crippen LogP contribution in [0.1, 0.15) is 107 Å². The van der Waals surface area contributed by atoms with Gasteiger partial charge in [0.05, 0.1) is 0 Å². The minimum atomic E-state index is -4.06. The molecule has 4 aromatic rings. The zero-order chi connectivity index (χ0) is 32.6. The quantitative estimate of drug-likeness (QED) is 0.158. The third-order valence-electron chi connectivity index (χ3n) is 10.1. The van der Waals surface area contributed by atoms with E-state index in [0.717, 1.165) is 0 Å². The summed E-state index contributed by atoms with van der Waals surface area (Å²) in [5.74, 6) is 0.738. The molecular weight excluding hydrogens is 683 g/mol. The van der Waals surface area contributed by atoms with Gasteiger partial charge in [0, 0.05) is 0 Å². The van der Waals surface area contributed by atoms with Crippen molar-refractivity contribution in [3.05, 3.63) is 106 Å². The fourth-order valence-electron chi connectivity index (χ4n) is 7.46. The van der Waals surface area contributed by atoms with Crippen molar-refractivity contribution in [3.63, 3.8) is 0 Å². The average Bonchev–Trinajstić information content (AvgIpc) is 3.55. The van der Waals surface area contributed by atoms with Gasteiger partial charge in [0.15, 0.2) is 0 Å². The van der Waals surface area contributed by atoms with Crippen molar-refractivity contribution in [1.29, 1.82) is 0 Å². The van der Waals surface area contributed by atoms with Crippen LogP contribution in [0, 0.1) is 5.92 Å². The molecular formula is C41H48Cl2SiZr. The number of hydrogen-bond donors (Lipinski definition) is 0. The Bertz CT molecular complexity index is 1800. The maximum atomic E-state index is 7.99. The van der Waals surface area contributed by atoms with Crippen LogP contribution in [-0.2, 0) is 28.7 Å². The predicted molar refractivity (Wildman–Crippen MR) is 200 cm³/mol. The van der Waals surface area contributed by atoms with E-state index in [1.165, 1.54) is 69.3 Å². The van der Waals surface area contributed by atoms with Crippen LogP contribution in [0.15, 0.2) is 78.4 Å². The molecule has 6 rings (SSSR count). The molecule has 4 heteroatoms. The van der Waals surface area contributed by atoms with Crippen LogP contribution in [0.25, 0.3) is 28.3 Å². The summed E-state index contributed by atoms with van der Waals surface area (Å²) in [6.07, 6.45) is 2.50. The maximum absolute atomic E-state index is 7.99. The molecule has 0 N–H and O–H groups in total. The summed E-state index contributed by atoms with van der Waals surface area (Å²) in [5, 5.41) is 3.00. The van der Waals surface area contributed by atoms with Crippen LogP contribution in [-0.4, -0.2) is 9.52 Å². The van der Waals surface area contributed by atoms with Crippen LogP contribution >= 0.6 is 17.0 Å². The van der Waals surface area contributed by atoms with Gasteiger partial charge in [0.25, 0.3) is 0 Å². The third-order valence-corrected chi connectivity index (χ3v) is 24.3. The second-order valence-corrected chi connectivity index (χ2v) is 31.8. The normalized spacial score (nSPS) is 16.8. The van der Waals surface area contributed by atoms with Gasteiger partial charge >= 0.3 is 288 Å². The molecule has 234 valence electrons. The van der Waals surface area contributed by atoms with Crippen molar-refractivity contribution in [3.8, 4) is 22.3 Å². The van der Waals surface area contributed by atoms with E-state index in [-0.39, 0.29) is 14.5 Å². The summed E-state index contributed by atoms with van der Waals surface area (Å²) in [6, 6.07) is 27.8. The molecule has 4 aromatic carbocycles. The van der Waals surface area contributed by atoms with Gasteiger partial charge in [-0.1, -0.05) is 0 Å². The van der Waals surface area contributed by atoms with E-state index in [0.29, 0.717) is 11.8 Å². The van der Waals surface area contributed by atoms with E-state index in [2.05, 4.69) is 148 Å². The molecule has 0 radical (unpaired) electrons. The molecule has 0 amide bonds. The zero-order valence-electron chi connectivity index (χ0n) is 28.7. The molecule has 0 saturated carbocycles. The summed E-state index contributed by atoms with van der Waals surface area (Å²) in [5.41, 5.74) is 13.8. The average molecular weight is 731 g/mol. The van der Waals surface area contributed by atoms with Crippen LogP contribution in [0.4, 0.5) is 0 Å². The Hall–Kier alpha value is -1.70. The van der Waals surface area contributed by atoms with E-state index in [9.17, 15) is 0 Å². The number of hydrogen-bond acceptors (Lipinski definition) is 0. The summed E-state index contributed by atoms with van der Waals surface area (Å²) in [6.45, 7) is 23.3. The van der Waals surface area contributed by atoms with Gasteiger partial charge in [0.2, 0.25) is 0 Å². The molecule has 0 aromatic heterocycles. The molecule has 0 nitrogen and oxygen atoms in total. The van der Waals surface area contributed by atoms with Gasteiger partial charge in [0.1, 0.15) is 0 Å². The Labute approximate surface area is 286 Å². The second-order valence-electron chi connectivity index (χ2n) is 16.0. The molecule has 1 unspecified atom stereocenters. The van der Waals surface area contributed by atoms with Gasteiger partial charge in [-0.25, -0.2) is 0 Å². The fourth-order valence-corrected chi connectivity index (χ4v) is 24.5. The van der Waals surface area contributed by atoms with Gasteiger partial charge in [-0.3, -0.25) is 0 Å². The first-order valence-electron chi connectivity index (χ1n) is 16.6. The van der Waals surface area contributed by atoms with E-state index < -0.39 is 27.4 Å². The Morgan fingerprint density at radius 3 is 1.93 bits per heavy atom. The van der Waals surface area contributed by atoms with Crippen molar-refractivity contribution >= 4 is 46.3 Å². The summed E-state index contributed by atoms with van der Waals surface area (Å²) in [7, 11) is 15.3. The van der Waals surface area contributed by atoms with Gasteiger partial charge < -0.3 is 0 Å². The number of fused-ring (bicyclic) bond motifs is 4. The molecule has 0 saturated heterocycles. The van der Waals surface area contributed by atoms with Crippen LogP contribution in [0.3, 0.4) is 0 Å². The molecule has 0 fully saturated rings. The first kappa shape index (κ1) is 33.2. The molecule has 0 bridgehead atoms. The fraction of sp³-hybridized carbons (Fsp3) is 0.366. The standard InChI is InChI=1S/C29H39.C12H9Si.2ClH.Zr/c1-18(2)21-13-20-11-12-25(19(3)4)27(26(20)16-21)22-14-23(28(5,6)7)17-24(15-22)29(8,9)10;1-3-7-11-9(5-1)10-6-2-4-8-12(10)13-11;;;/h11-19H,1-10H3;1-7H,13H2;2*1H;/q;;;;+2/p-2. The molecule has 1 heterocycles. The van der Waals surface area contributed by atoms with Crippen molar-refractivity contribution in [2.75, 3.05) is 0 Å². The first-order chi connectivity index (χ1) is 21.0. The van der Waals surface area contributed by atoms with E-state index in [1.807, 2.05) is 0 Å². The number of benzene rings is 4. The molecule has 2 aliphatic rings. The molecule has 45 heavy (non-hydrogen) atoms. The van der Waals surface area contributed by atoms with E-state index in [4.69, 9.17) is 17.0 Å². The third kappa shape index (κ3) is 5.86. The number of rotatable bonds is 5. The predicted octanol–water partition coefficient (Wildman–Crippen LogP) is 10.1. The van der Waals surface area contributed by atoms with E-state index in [1.54, 1.807) is 0 Å². The van der Waals surface area contributed by atoms with Crippen LogP contribution < -0.4 is 13.6 Å². The Morgan fingerprint density at radius 2 is 1.33 bits per heavy atom. The Balaban J connectivity index is 1.59. The summed E-state index contributed by atoms with van der Waals surface area (Å²) in [4.78, 5) is 0. The molecule has 1 atom stereocenters. The van der Waals surface area contributed by atoms with Gasteiger partial charge in [-0.15, -0.1) is 0 Å². The van der Waals surface area contributed by atoms with E-state index >= 15 is 0 Å². The van der Waals surface area contributed by atoms with Crippen molar-refractivity contribution in [2.24, 2.45) is 5.92 Å². The molecule has 1 aliphatic heterocycles. The molecule has 0 spiro atoms. The number of allylic oxidation sites excluding steroid dienone is 1. The number of halogens is 2. The SMILES string of the molecule is CC(C)C1=Cc2c(ccc(C(C)C)c2-c2cc(C(C)(C)C)cc(C(C)(C)C)c2)[CH]1[Zr]([Cl])([Cl])[c]1cccc2c1[SiH2]c1ccccc1-2. The Kier molecular flexibility index (Phi) is 8.69. The summed E-state index contributed by atoms with van der Waals surface area (Å²) >= 11 is -4.06. The summed E-state index contributed by atoms with van der Waals surface area (Å²) < 4.78 is 1.38. The van der Waals surface area contributed by atoms with Crippen LogP contribution in [0.2, 0.25) is 0 Å². The monoisotopic (exact) mass is 728 g/mol. The van der Waals surface area contributed by atoms with Crippen LogP contribution in [0.5, 0.6) is 0 Å². The Morgan fingerprint density at radius 1 is 0.711 bits per heavy atom. The van der Waals surface area contributed by atoms with Gasteiger partial charge in [-0.2, -0.15) is 0 Å². The second kappa shape index (κ2) is 11.8. The first-order valence-corrected chi connectivity index (χ1v) is 27.0. The van der Waals surface area contributed by atoms with Crippen molar-refractivity contribution in [1.82, 2.24) is 0 Å². The van der Waals surface area contributed by atoms with Crippen molar-refractivity contribution in [2.45, 2.75) is 89.6 Å². The zero-order valence-corrected chi connectivity index (χ0v) is 34.1. The van der Waals surface area contributed by atoms with Crippen molar-refractivity contribution < 1.29 is 17.9 Å². The molecule has 1 aliphatic carbocycles. The minimum absolute atomic E-state index is 0.0421. The van der Waals surface area contributed by atoms with Gasteiger partial charge in [-0.05, 0) is 0 Å². The topological polar surface area (TPSA) is 0 Å².